The molecule has 0 saturated heterocycles. The Balaban J connectivity index is 2.22. The molecule has 122 valence electrons. The smallest absolute Gasteiger partial charge is 0.275 e. The van der Waals surface area contributed by atoms with Crippen molar-refractivity contribution in [2.75, 3.05) is 5.32 Å². The molecule has 2 aromatic rings. The van der Waals surface area contributed by atoms with Crippen LogP contribution in [0.3, 0.4) is 0 Å². The van der Waals surface area contributed by atoms with Crippen LogP contribution in [0.5, 0.6) is 0 Å². The Hall–Kier alpha value is -1.90. The van der Waals surface area contributed by atoms with Crippen LogP contribution in [0.2, 0.25) is 10.0 Å². The van der Waals surface area contributed by atoms with Crippen LogP contribution in [0.15, 0.2) is 29.2 Å². The molecule has 7 nitrogen and oxygen atoms in total. The SMILES string of the molecule is Cc1cc(C)nc(NC(=O)NS(=O)(=O)c2c(Cl)cccc2Cl)n1. The number of benzene rings is 1. The third-order valence-electron chi connectivity index (χ3n) is 2.62. The first-order chi connectivity index (χ1) is 10.7. The Morgan fingerprint density at radius 2 is 1.61 bits per heavy atom. The molecule has 0 atom stereocenters. The highest BCUT2D eigenvalue weighted by molar-refractivity contribution is 7.90. The Morgan fingerprint density at radius 1 is 1.09 bits per heavy atom. The van der Waals surface area contributed by atoms with Gasteiger partial charge in [-0.05, 0) is 32.0 Å². The lowest BCUT2D eigenvalue weighted by atomic mass is 10.4. The van der Waals surface area contributed by atoms with E-state index < -0.39 is 16.1 Å². The minimum absolute atomic E-state index is 0.0135. The summed E-state index contributed by atoms with van der Waals surface area (Å²) in [4.78, 5) is 19.5. The molecule has 0 aliphatic rings. The van der Waals surface area contributed by atoms with Crippen LogP contribution in [0.25, 0.3) is 0 Å². The molecule has 1 aromatic carbocycles. The van der Waals surface area contributed by atoms with Gasteiger partial charge in [-0.25, -0.2) is 27.9 Å². The largest absolute Gasteiger partial charge is 0.335 e. The average molecular weight is 375 g/mol. The third kappa shape index (κ3) is 4.31. The molecule has 0 aliphatic carbocycles. The second-order valence-electron chi connectivity index (χ2n) is 4.58. The molecule has 2 N–H and O–H groups in total. The van der Waals surface area contributed by atoms with E-state index in [1.807, 2.05) is 4.72 Å². The number of amides is 2. The van der Waals surface area contributed by atoms with Crippen LogP contribution < -0.4 is 10.0 Å². The monoisotopic (exact) mass is 374 g/mol. The van der Waals surface area contributed by atoms with E-state index in [1.165, 1.54) is 18.2 Å². The summed E-state index contributed by atoms with van der Waals surface area (Å²) in [5.41, 5.74) is 1.26. The zero-order valence-corrected chi connectivity index (χ0v) is 14.4. The van der Waals surface area contributed by atoms with E-state index in [1.54, 1.807) is 19.9 Å². The van der Waals surface area contributed by atoms with Gasteiger partial charge in [0.15, 0.2) is 0 Å². The number of anilines is 1. The van der Waals surface area contributed by atoms with Gasteiger partial charge in [0.25, 0.3) is 10.0 Å². The topological polar surface area (TPSA) is 101 Å². The molecule has 10 heteroatoms. The summed E-state index contributed by atoms with van der Waals surface area (Å²) >= 11 is 11.7. The van der Waals surface area contributed by atoms with Gasteiger partial charge in [0.1, 0.15) is 4.90 Å². The van der Waals surface area contributed by atoms with Gasteiger partial charge in [0, 0.05) is 11.4 Å². The Labute approximate surface area is 143 Å². The van der Waals surface area contributed by atoms with Gasteiger partial charge in [-0.1, -0.05) is 29.3 Å². The van der Waals surface area contributed by atoms with Gasteiger partial charge in [-0.3, -0.25) is 5.32 Å². The first-order valence-electron chi connectivity index (χ1n) is 6.29. The van der Waals surface area contributed by atoms with Crippen LogP contribution in [0.4, 0.5) is 10.7 Å². The van der Waals surface area contributed by atoms with Gasteiger partial charge >= 0.3 is 6.03 Å². The van der Waals surface area contributed by atoms with Crippen molar-refractivity contribution in [3.63, 3.8) is 0 Å². The molecule has 2 amide bonds. The van der Waals surface area contributed by atoms with Crippen molar-refractivity contribution in [2.24, 2.45) is 0 Å². The van der Waals surface area contributed by atoms with E-state index in [0.29, 0.717) is 11.4 Å². The maximum Gasteiger partial charge on any atom is 0.335 e. The lowest BCUT2D eigenvalue weighted by Crippen LogP contribution is -2.35. The fourth-order valence-electron chi connectivity index (χ4n) is 1.82. The molecule has 0 aliphatic heterocycles. The molecule has 0 radical (unpaired) electrons. The Kier molecular flexibility index (Phi) is 5.08. The van der Waals surface area contributed by atoms with Gasteiger partial charge in [0.05, 0.1) is 10.0 Å². The lowest BCUT2D eigenvalue weighted by Gasteiger charge is -2.10. The zero-order chi connectivity index (χ0) is 17.2. The number of hydrogen-bond donors (Lipinski definition) is 2. The summed E-state index contributed by atoms with van der Waals surface area (Å²) in [5, 5.41) is 2.06. The number of halogens is 2. The maximum atomic E-state index is 12.2. The third-order valence-corrected chi connectivity index (χ3v) is 4.91. The molecule has 0 spiro atoms. The van der Waals surface area contributed by atoms with Crippen molar-refractivity contribution in [1.29, 1.82) is 0 Å². The minimum Gasteiger partial charge on any atom is -0.275 e. The number of carbonyl (C=O) groups is 1. The lowest BCUT2D eigenvalue weighted by molar-refractivity contribution is 0.256. The number of sulfonamides is 1. The number of carbonyl (C=O) groups excluding carboxylic acids is 1. The van der Waals surface area contributed by atoms with E-state index in [0.717, 1.165) is 0 Å². The van der Waals surface area contributed by atoms with Crippen LogP contribution in [0, 0.1) is 13.8 Å². The number of rotatable bonds is 3. The molecule has 0 unspecified atom stereocenters. The summed E-state index contributed by atoms with van der Waals surface area (Å²) in [6, 6.07) is 4.89. The van der Waals surface area contributed by atoms with Crippen molar-refractivity contribution >= 4 is 45.2 Å². The number of nitrogens with one attached hydrogen (secondary N) is 2. The maximum absolute atomic E-state index is 12.2. The van der Waals surface area contributed by atoms with Crippen LogP contribution in [0.1, 0.15) is 11.4 Å². The summed E-state index contributed by atoms with van der Waals surface area (Å²) in [7, 11) is -4.24. The second kappa shape index (κ2) is 6.69. The fraction of sp³-hybridized carbons (Fsp3) is 0.154. The van der Waals surface area contributed by atoms with Crippen molar-refractivity contribution in [3.05, 3.63) is 45.7 Å². The summed E-state index contributed by atoms with van der Waals surface area (Å²) in [6.45, 7) is 3.44. The molecule has 0 saturated carbocycles. The predicted molar refractivity (Wildman–Crippen MR) is 87.3 cm³/mol. The highest BCUT2D eigenvalue weighted by atomic mass is 35.5. The first-order valence-corrected chi connectivity index (χ1v) is 8.53. The molecule has 1 aromatic heterocycles. The van der Waals surface area contributed by atoms with Crippen molar-refractivity contribution in [1.82, 2.24) is 14.7 Å². The van der Waals surface area contributed by atoms with Gasteiger partial charge in [-0.2, -0.15) is 0 Å². The summed E-state index contributed by atoms with van der Waals surface area (Å²) in [6.07, 6.45) is 0. The first kappa shape index (κ1) is 17.5. The highest BCUT2D eigenvalue weighted by Gasteiger charge is 2.24. The minimum atomic E-state index is -4.24. The number of urea groups is 1. The molecule has 0 fully saturated rings. The Morgan fingerprint density at radius 3 is 2.13 bits per heavy atom. The standard InChI is InChI=1S/C13H12Cl2N4O3S/c1-7-6-8(2)17-12(16-7)18-13(20)19-23(21,22)11-9(14)4-3-5-10(11)15/h3-6H,1-2H3,(H2,16,17,18,19,20). The van der Waals surface area contributed by atoms with E-state index in [-0.39, 0.29) is 20.9 Å². The predicted octanol–water partition coefficient (Wildman–Crippen LogP) is 2.91. The normalized spacial score (nSPS) is 11.1. The molecule has 23 heavy (non-hydrogen) atoms. The van der Waals surface area contributed by atoms with E-state index >= 15 is 0 Å². The van der Waals surface area contributed by atoms with E-state index in [4.69, 9.17) is 23.2 Å². The number of hydrogen-bond acceptors (Lipinski definition) is 5. The Bertz CT molecular complexity index is 831. The van der Waals surface area contributed by atoms with Gasteiger partial charge < -0.3 is 0 Å². The van der Waals surface area contributed by atoms with Gasteiger partial charge in [-0.15, -0.1) is 0 Å². The molecule has 0 bridgehead atoms. The number of aryl methyl sites for hydroxylation is 2. The molecule has 2 rings (SSSR count). The van der Waals surface area contributed by atoms with Crippen molar-refractivity contribution < 1.29 is 13.2 Å². The summed E-state index contributed by atoms with van der Waals surface area (Å²) in [5.74, 6) is -0.0135. The molecular weight excluding hydrogens is 363 g/mol. The van der Waals surface area contributed by atoms with Crippen molar-refractivity contribution in [2.45, 2.75) is 18.7 Å². The van der Waals surface area contributed by atoms with Crippen molar-refractivity contribution in [3.8, 4) is 0 Å². The van der Waals surface area contributed by atoms with Crippen LogP contribution >= 0.6 is 23.2 Å². The molecular formula is C13H12Cl2N4O3S. The zero-order valence-electron chi connectivity index (χ0n) is 12.1. The fourth-order valence-corrected chi connectivity index (χ4v) is 3.87. The highest BCUT2D eigenvalue weighted by Crippen LogP contribution is 2.28. The van der Waals surface area contributed by atoms with Crippen LogP contribution in [-0.4, -0.2) is 24.4 Å². The quantitative estimate of drug-likeness (QED) is 0.859. The average Bonchev–Trinajstić information content (AvgIpc) is 2.35. The van der Waals surface area contributed by atoms with E-state index in [9.17, 15) is 13.2 Å². The van der Waals surface area contributed by atoms with E-state index in [2.05, 4.69) is 15.3 Å². The second-order valence-corrected chi connectivity index (χ2v) is 7.02. The number of nitrogens with zero attached hydrogens (tertiary/aromatic N) is 2. The molecule has 1 heterocycles. The number of aromatic nitrogens is 2. The van der Waals surface area contributed by atoms with Gasteiger partial charge in [0.2, 0.25) is 5.95 Å². The van der Waals surface area contributed by atoms with Crippen LogP contribution in [-0.2, 0) is 10.0 Å². The summed E-state index contributed by atoms with van der Waals surface area (Å²) < 4.78 is 26.3.